The number of aliphatic hydroxyl groups is 2. The molecule has 1 aliphatic heterocycles. The van der Waals surface area contributed by atoms with E-state index in [4.69, 9.17) is 5.11 Å². The Hall–Kier alpha value is -1.40. The second kappa shape index (κ2) is 7.74. The van der Waals surface area contributed by atoms with Crippen molar-refractivity contribution in [3.8, 4) is 0 Å². The zero-order chi connectivity index (χ0) is 16.0. The average molecular weight is 308 g/mol. The fourth-order valence-electron chi connectivity index (χ4n) is 2.76. The monoisotopic (exact) mass is 308 g/mol. The zero-order valence-electron chi connectivity index (χ0n) is 13.6. The molecular weight excluding hydrogens is 280 g/mol. The first-order chi connectivity index (χ1) is 10.5. The lowest BCUT2D eigenvalue weighted by Gasteiger charge is -2.32. The lowest BCUT2D eigenvalue weighted by Crippen LogP contribution is -2.37. The predicted octanol–water partition coefficient (Wildman–Crippen LogP) is 1.51. The maximum atomic E-state index is 9.34. The largest absolute Gasteiger partial charge is 0.396 e. The molecule has 2 heterocycles. The highest BCUT2D eigenvalue weighted by Crippen LogP contribution is 2.24. The van der Waals surface area contributed by atoms with Crippen LogP contribution in [0.15, 0.2) is 12.4 Å². The molecule has 1 aromatic rings. The number of piperidine rings is 1. The fraction of sp³-hybridized carbons (Fsp3) is 0.750. The van der Waals surface area contributed by atoms with Gasteiger partial charge in [-0.1, -0.05) is 13.8 Å². The SMILES string of the molecule is CC(C)(CCO)CNc1cc(N2CCCC(CO)C2)ncn1. The van der Waals surface area contributed by atoms with Crippen LogP contribution in [0.4, 0.5) is 11.6 Å². The Kier molecular flexibility index (Phi) is 5.97. The molecule has 1 aliphatic rings. The van der Waals surface area contributed by atoms with Crippen LogP contribution in [-0.2, 0) is 0 Å². The van der Waals surface area contributed by atoms with Gasteiger partial charge in [0.05, 0.1) is 0 Å². The van der Waals surface area contributed by atoms with Gasteiger partial charge < -0.3 is 20.4 Å². The Morgan fingerprint density at radius 2 is 2.18 bits per heavy atom. The molecule has 0 spiro atoms. The summed E-state index contributed by atoms with van der Waals surface area (Å²) in [7, 11) is 0. The molecule has 1 fully saturated rings. The molecule has 1 saturated heterocycles. The first-order valence-electron chi connectivity index (χ1n) is 8.06. The molecule has 124 valence electrons. The van der Waals surface area contributed by atoms with Gasteiger partial charge in [-0.25, -0.2) is 9.97 Å². The highest BCUT2D eigenvalue weighted by molar-refractivity contribution is 5.48. The van der Waals surface area contributed by atoms with E-state index in [-0.39, 0.29) is 18.6 Å². The minimum atomic E-state index is 0.0208. The standard InChI is InChI=1S/C16H28N4O2/c1-16(2,5-7-21)11-17-14-8-15(19-12-18-14)20-6-3-4-13(9-20)10-22/h8,12-13,21-22H,3-7,9-11H2,1-2H3,(H,17,18,19). The third kappa shape index (κ3) is 4.81. The topological polar surface area (TPSA) is 81.5 Å². The van der Waals surface area contributed by atoms with E-state index >= 15 is 0 Å². The van der Waals surface area contributed by atoms with E-state index in [0.717, 1.165) is 50.5 Å². The van der Waals surface area contributed by atoms with Gasteiger partial charge in [0.2, 0.25) is 0 Å². The van der Waals surface area contributed by atoms with Crippen molar-refractivity contribution in [2.75, 3.05) is 43.1 Å². The molecule has 3 N–H and O–H groups in total. The lowest BCUT2D eigenvalue weighted by atomic mass is 9.90. The average Bonchev–Trinajstić information content (AvgIpc) is 2.53. The second-order valence-corrected chi connectivity index (χ2v) is 6.89. The van der Waals surface area contributed by atoms with Crippen molar-refractivity contribution in [2.24, 2.45) is 11.3 Å². The molecular formula is C16H28N4O2. The third-order valence-corrected chi connectivity index (χ3v) is 4.29. The van der Waals surface area contributed by atoms with Gasteiger partial charge in [-0.15, -0.1) is 0 Å². The number of hydrogen-bond donors (Lipinski definition) is 3. The van der Waals surface area contributed by atoms with Crippen LogP contribution in [-0.4, -0.2) is 53.0 Å². The molecule has 0 saturated carbocycles. The summed E-state index contributed by atoms with van der Waals surface area (Å²) in [6.07, 6.45) is 4.50. The summed E-state index contributed by atoms with van der Waals surface area (Å²) in [5, 5.41) is 21.8. The highest BCUT2D eigenvalue weighted by Gasteiger charge is 2.21. The number of aliphatic hydroxyl groups excluding tert-OH is 2. The van der Waals surface area contributed by atoms with Gasteiger partial charge in [-0.05, 0) is 30.6 Å². The van der Waals surface area contributed by atoms with Gasteiger partial charge in [0.1, 0.15) is 18.0 Å². The van der Waals surface area contributed by atoms with Crippen molar-refractivity contribution in [1.82, 2.24) is 9.97 Å². The maximum Gasteiger partial charge on any atom is 0.134 e. The van der Waals surface area contributed by atoms with Crippen LogP contribution in [0.25, 0.3) is 0 Å². The molecule has 6 heteroatoms. The summed E-state index contributed by atoms with van der Waals surface area (Å²) < 4.78 is 0. The third-order valence-electron chi connectivity index (χ3n) is 4.29. The van der Waals surface area contributed by atoms with Gasteiger partial charge in [-0.2, -0.15) is 0 Å². The van der Waals surface area contributed by atoms with E-state index in [1.54, 1.807) is 6.33 Å². The van der Waals surface area contributed by atoms with Crippen molar-refractivity contribution in [3.05, 3.63) is 12.4 Å². The minimum Gasteiger partial charge on any atom is -0.396 e. The van der Waals surface area contributed by atoms with E-state index in [1.165, 1.54) is 0 Å². The van der Waals surface area contributed by atoms with Crippen LogP contribution in [0.3, 0.4) is 0 Å². The smallest absolute Gasteiger partial charge is 0.134 e. The van der Waals surface area contributed by atoms with E-state index in [9.17, 15) is 5.11 Å². The van der Waals surface area contributed by atoms with Crippen LogP contribution in [0, 0.1) is 11.3 Å². The first kappa shape index (κ1) is 17.0. The van der Waals surface area contributed by atoms with Gasteiger partial charge in [-0.3, -0.25) is 0 Å². The van der Waals surface area contributed by atoms with E-state index in [2.05, 4.69) is 34.0 Å². The van der Waals surface area contributed by atoms with E-state index in [0.29, 0.717) is 5.92 Å². The van der Waals surface area contributed by atoms with Crippen molar-refractivity contribution in [1.29, 1.82) is 0 Å². The Labute approximate surface area is 132 Å². The van der Waals surface area contributed by atoms with Crippen LogP contribution in [0.5, 0.6) is 0 Å². The highest BCUT2D eigenvalue weighted by atomic mass is 16.3. The Morgan fingerprint density at radius 1 is 1.36 bits per heavy atom. The summed E-state index contributed by atoms with van der Waals surface area (Å²) >= 11 is 0. The molecule has 1 atom stereocenters. The summed E-state index contributed by atoms with van der Waals surface area (Å²) in [5.74, 6) is 2.06. The lowest BCUT2D eigenvalue weighted by molar-refractivity contribution is 0.208. The summed E-state index contributed by atoms with van der Waals surface area (Å²) in [6.45, 7) is 7.25. The zero-order valence-corrected chi connectivity index (χ0v) is 13.6. The molecule has 22 heavy (non-hydrogen) atoms. The van der Waals surface area contributed by atoms with Crippen molar-refractivity contribution in [3.63, 3.8) is 0 Å². The quantitative estimate of drug-likeness (QED) is 0.708. The molecule has 0 aromatic carbocycles. The summed E-state index contributed by atoms with van der Waals surface area (Å²) in [4.78, 5) is 10.9. The number of hydrogen-bond acceptors (Lipinski definition) is 6. The second-order valence-electron chi connectivity index (χ2n) is 6.89. The molecule has 0 radical (unpaired) electrons. The minimum absolute atomic E-state index is 0.0208. The van der Waals surface area contributed by atoms with Crippen LogP contribution >= 0.6 is 0 Å². The number of nitrogens with one attached hydrogen (secondary N) is 1. The van der Waals surface area contributed by atoms with Gasteiger partial charge in [0, 0.05) is 38.9 Å². The number of aromatic nitrogens is 2. The van der Waals surface area contributed by atoms with Crippen LogP contribution in [0.1, 0.15) is 33.1 Å². The van der Waals surface area contributed by atoms with Crippen molar-refractivity contribution in [2.45, 2.75) is 33.1 Å². The fourth-order valence-corrected chi connectivity index (χ4v) is 2.76. The van der Waals surface area contributed by atoms with Crippen molar-refractivity contribution >= 4 is 11.6 Å². The molecule has 0 aliphatic carbocycles. The Morgan fingerprint density at radius 3 is 2.91 bits per heavy atom. The Balaban J connectivity index is 1.97. The van der Waals surface area contributed by atoms with Crippen LogP contribution in [0.2, 0.25) is 0 Å². The molecule has 1 unspecified atom stereocenters. The van der Waals surface area contributed by atoms with Gasteiger partial charge in [0.15, 0.2) is 0 Å². The molecule has 1 aromatic heterocycles. The normalized spacial score (nSPS) is 19.3. The number of anilines is 2. The van der Waals surface area contributed by atoms with E-state index < -0.39 is 0 Å². The van der Waals surface area contributed by atoms with Crippen molar-refractivity contribution < 1.29 is 10.2 Å². The molecule has 2 rings (SSSR count). The first-order valence-corrected chi connectivity index (χ1v) is 8.06. The number of rotatable bonds is 7. The molecule has 0 bridgehead atoms. The molecule has 0 amide bonds. The van der Waals surface area contributed by atoms with Crippen LogP contribution < -0.4 is 10.2 Å². The predicted molar refractivity (Wildman–Crippen MR) is 88.0 cm³/mol. The maximum absolute atomic E-state index is 9.34. The Bertz CT molecular complexity index is 467. The number of nitrogens with zero attached hydrogens (tertiary/aromatic N) is 3. The van der Waals surface area contributed by atoms with E-state index in [1.807, 2.05) is 6.07 Å². The summed E-state index contributed by atoms with van der Waals surface area (Å²) in [6, 6.07) is 1.97. The van der Waals surface area contributed by atoms with Gasteiger partial charge >= 0.3 is 0 Å². The molecule has 6 nitrogen and oxygen atoms in total. The summed E-state index contributed by atoms with van der Waals surface area (Å²) in [5.41, 5.74) is 0.0208. The van der Waals surface area contributed by atoms with Gasteiger partial charge in [0.25, 0.3) is 0 Å².